The molecule has 3 aliphatic rings. The second-order valence-corrected chi connectivity index (χ2v) is 8.92. The van der Waals surface area contributed by atoms with E-state index < -0.39 is 0 Å². The van der Waals surface area contributed by atoms with Crippen molar-refractivity contribution < 1.29 is 9.59 Å². The quantitative estimate of drug-likeness (QED) is 0.530. The van der Waals surface area contributed by atoms with E-state index in [1.807, 2.05) is 11.8 Å². The summed E-state index contributed by atoms with van der Waals surface area (Å²) in [5.41, 5.74) is 2.81. The van der Waals surface area contributed by atoms with Crippen LogP contribution in [0, 0.1) is 0 Å². The number of amides is 3. The number of hydrogen-bond acceptors (Lipinski definition) is 3. The van der Waals surface area contributed by atoms with Gasteiger partial charge in [-0.3, -0.25) is 4.79 Å². The third-order valence-corrected chi connectivity index (χ3v) is 7.30. The van der Waals surface area contributed by atoms with E-state index in [0.29, 0.717) is 11.7 Å². The van der Waals surface area contributed by atoms with Gasteiger partial charge in [-0.15, -0.1) is 0 Å². The zero-order valence-electron chi connectivity index (χ0n) is 15.0. The molecule has 0 aromatic heterocycles. The van der Waals surface area contributed by atoms with Crippen LogP contribution in [-0.4, -0.2) is 41.1 Å². The van der Waals surface area contributed by atoms with Gasteiger partial charge in [0.2, 0.25) is 5.91 Å². The second kappa shape index (κ2) is 7.91. The largest absolute Gasteiger partial charge is 0.353 e. The summed E-state index contributed by atoms with van der Waals surface area (Å²) < 4.78 is 0. The Balaban J connectivity index is 1.15. The molecule has 0 unspecified atom stereocenters. The average Bonchev–Trinajstić information content (AvgIpc) is 3.18. The van der Waals surface area contributed by atoms with E-state index in [1.54, 1.807) is 0 Å². The number of rotatable bonds is 6. The molecule has 3 amide bonds. The maximum Gasteiger partial charge on any atom is 0.315 e. The zero-order chi connectivity index (χ0) is 17.9. The number of thioether (sulfide) groups is 1. The van der Waals surface area contributed by atoms with Gasteiger partial charge >= 0.3 is 6.03 Å². The van der Waals surface area contributed by atoms with E-state index in [1.165, 1.54) is 11.1 Å². The van der Waals surface area contributed by atoms with Crippen LogP contribution in [0.15, 0.2) is 24.3 Å². The van der Waals surface area contributed by atoms with Crippen molar-refractivity contribution in [3.8, 4) is 0 Å². The highest BCUT2D eigenvalue weighted by Gasteiger charge is 2.42. The van der Waals surface area contributed by atoms with Gasteiger partial charge in [-0.2, -0.15) is 11.8 Å². The predicted octanol–water partition coefficient (Wildman–Crippen LogP) is 2.39. The molecule has 1 aromatic rings. The molecular weight excluding hydrogens is 346 g/mol. The summed E-state index contributed by atoms with van der Waals surface area (Å²) in [6, 6.07) is 9.35. The van der Waals surface area contributed by atoms with Gasteiger partial charge in [0.25, 0.3) is 0 Å². The molecule has 5 nitrogen and oxygen atoms in total. The molecule has 2 heterocycles. The third kappa shape index (κ3) is 4.00. The Labute approximate surface area is 159 Å². The highest BCUT2D eigenvalue weighted by atomic mass is 32.2. The number of hydrogen-bond donors (Lipinski definition) is 3. The number of urea groups is 1. The number of unbranched alkanes of at least 4 members (excludes halogenated alkanes) is 1. The fraction of sp³-hybridized carbons (Fsp3) is 0.600. The van der Waals surface area contributed by atoms with Crippen LogP contribution in [0.4, 0.5) is 4.79 Å². The first-order chi connectivity index (χ1) is 12.7. The first kappa shape index (κ1) is 17.7. The Morgan fingerprint density at radius 2 is 2.04 bits per heavy atom. The summed E-state index contributed by atoms with van der Waals surface area (Å²) in [6.45, 7) is 0. The normalized spacial score (nSPS) is 29.5. The Morgan fingerprint density at radius 1 is 1.19 bits per heavy atom. The first-order valence-corrected chi connectivity index (χ1v) is 10.8. The van der Waals surface area contributed by atoms with Gasteiger partial charge in [0.05, 0.1) is 12.1 Å². The van der Waals surface area contributed by atoms with Gasteiger partial charge in [0.15, 0.2) is 0 Å². The molecule has 0 spiro atoms. The molecule has 1 aliphatic carbocycles. The van der Waals surface area contributed by atoms with Crippen molar-refractivity contribution in [1.82, 2.24) is 16.0 Å². The molecule has 0 radical (unpaired) electrons. The molecule has 1 aromatic carbocycles. The van der Waals surface area contributed by atoms with Crippen LogP contribution in [0.25, 0.3) is 0 Å². The Kier molecular flexibility index (Phi) is 5.38. The maximum atomic E-state index is 12.3. The topological polar surface area (TPSA) is 70.2 Å². The molecule has 4 atom stereocenters. The molecule has 2 aliphatic heterocycles. The van der Waals surface area contributed by atoms with Crippen molar-refractivity contribution in [3.63, 3.8) is 0 Å². The molecule has 4 rings (SSSR count). The summed E-state index contributed by atoms with van der Waals surface area (Å²) in [5, 5.41) is 9.70. The van der Waals surface area contributed by atoms with Crippen LogP contribution in [0.5, 0.6) is 0 Å². The lowest BCUT2D eigenvalue weighted by Gasteiger charge is -2.25. The lowest BCUT2D eigenvalue weighted by atomic mass is 9.88. The minimum absolute atomic E-state index is 0.0290. The van der Waals surface area contributed by atoms with Crippen molar-refractivity contribution >= 4 is 23.7 Å². The van der Waals surface area contributed by atoms with Crippen LogP contribution >= 0.6 is 11.8 Å². The van der Waals surface area contributed by atoms with Gasteiger partial charge in [-0.25, -0.2) is 4.79 Å². The minimum Gasteiger partial charge on any atom is -0.353 e. The average molecular weight is 374 g/mol. The summed E-state index contributed by atoms with van der Waals surface area (Å²) in [7, 11) is 0. The van der Waals surface area contributed by atoms with Gasteiger partial charge in [0, 0.05) is 23.5 Å². The van der Waals surface area contributed by atoms with E-state index >= 15 is 0 Å². The first-order valence-electron chi connectivity index (χ1n) is 9.74. The Morgan fingerprint density at radius 3 is 2.92 bits per heavy atom. The number of nitrogens with one attached hydrogen (secondary N) is 3. The number of carbonyl (C=O) groups excluding carboxylic acids is 2. The highest BCUT2D eigenvalue weighted by molar-refractivity contribution is 8.00. The predicted molar refractivity (Wildman–Crippen MR) is 104 cm³/mol. The van der Waals surface area contributed by atoms with Gasteiger partial charge < -0.3 is 16.0 Å². The van der Waals surface area contributed by atoms with Gasteiger partial charge in [-0.1, -0.05) is 30.7 Å². The molecule has 0 bridgehead atoms. The third-order valence-electron chi connectivity index (χ3n) is 5.79. The van der Waals surface area contributed by atoms with E-state index in [-0.39, 0.29) is 30.1 Å². The SMILES string of the molecule is O=C(CCCC[C@@H]1SC[C@@H]2NC(=O)N[C@@H]21)N[C@H]1CCc2ccccc2C1. The van der Waals surface area contributed by atoms with Crippen LogP contribution in [0.2, 0.25) is 0 Å². The standard InChI is InChI=1S/C20H27N3O2S/c24-18(21-15-10-9-13-5-1-2-6-14(13)11-15)8-4-3-7-17-19-16(12-26-17)22-20(25)23-19/h1-2,5-6,15-17,19H,3-4,7-12H2,(H,21,24)(H2,22,23,25)/t15-,16-,17-,19-/m0/s1. The van der Waals surface area contributed by atoms with Crippen LogP contribution in [0.1, 0.15) is 43.2 Å². The molecule has 2 saturated heterocycles. The van der Waals surface area contributed by atoms with E-state index in [2.05, 4.69) is 40.2 Å². The molecular formula is C20H27N3O2S. The summed E-state index contributed by atoms with van der Waals surface area (Å²) >= 11 is 1.94. The van der Waals surface area contributed by atoms with Crippen molar-refractivity contribution in [2.24, 2.45) is 0 Å². The molecule has 0 saturated carbocycles. The monoisotopic (exact) mass is 373 g/mol. The van der Waals surface area contributed by atoms with Gasteiger partial charge in [0.1, 0.15) is 0 Å². The summed E-state index contributed by atoms with van der Waals surface area (Å²) in [4.78, 5) is 23.7. The number of aryl methyl sites for hydroxylation is 1. The summed E-state index contributed by atoms with van der Waals surface area (Å²) in [5.74, 6) is 1.18. The molecule has 26 heavy (non-hydrogen) atoms. The fourth-order valence-corrected chi connectivity index (χ4v) is 5.94. The fourth-order valence-electron chi connectivity index (χ4n) is 4.39. The maximum absolute atomic E-state index is 12.3. The Hall–Kier alpha value is -1.69. The van der Waals surface area contributed by atoms with Crippen LogP contribution in [0.3, 0.4) is 0 Å². The van der Waals surface area contributed by atoms with E-state index in [9.17, 15) is 9.59 Å². The summed E-state index contributed by atoms with van der Waals surface area (Å²) in [6.07, 6.45) is 6.69. The number of fused-ring (bicyclic) bond motifs is 2. The molecule has 6 heteroatoms. The van der Waals surface area contributed by atoms with Crippen molar-refractivity contribution in [2.75, 3.05) is 5.75 Å². The van der Waals surface area contributed by atoms with E-state index in [0.717, 1.165) is 44.3 Å². The zero-order valence-corrected chi connectivity index (χ0v) is 15.8. The van der Waals surface area contributed by atoms with Crippen molar-refractivity contribution in [3.05, 3.63) is 35.4 Å². The smallest absolute Gasteiger partial charge is 0.315 e. The van der Waals surface area contributed by atoms with Crippen molar-refractivity contribution in [1.29, 1.82) is 0 Å². The molecule has 2 fully saturated rings. The van der Waals surface area contributed by atoms with Crippen LogP contribution < -0.4 is 16.0 Å². The van der Waals surface area contributed by atoms with Crippen LogP contribution in [-0.2, 0) is 17.6 Å². The van der Waals surface area contributed by atoms with Gasteiger partial charge in [-0.05, 0) is 43.2 Å². The molecule has 3 N–H and O–H groups in total. The minimum atomic E-state index is -0.0290. The highest BCUT2D eigenvalue weighted by Crippen LogP contribution is 2.33. The second-order valence-electron chi connectivity index (χ2n) is 7.64. The lowest BCUT2D eigenvalue weighted by Crippen LogP contribution is -2.38. The Bertz CT molecular complexity index is 681. The number of carbonyl (C=O) groups is 2. The van der Waals surface area contributed by atoms with E-state index in [4.69, 9.17) is 0 Å². The lowest BCUT2D eigenvalue weighted by molar-refractivity contribution is -0.122. The van der Waals surface area contributed by atoms with Crippen molar-refractivity contribution in [2.45, 2.75) is 68.3 Å². The number of benzene rings is 1. The molecule has 140 valence electrons.